The quantitative estimate of drug-likeness (QED) is 0.598. The maximum Gasteiger partial charge on any atom is 0.407 e. The van der Waals surface area contributed by atoms with E-state index in [9.17, 15) is 9.59 Å². The molecule has 0 saturated carbocycles. The molecule has 2 aliphatic rings. The lowest BCUT2D eigenvalue weighted by atomic mass is 9.89. The standard InChI is InChI=1S/C13H19NO5/c1-13(2,3)19-12(16)14-10-8-6-5-7(18-8)9(10)11(15)17-4/h5-10H,1-4H3,(H,14,16)/t7-,8+,9+,10+/m0/s1. The fraction of sp³-hybridized carbons (Fsp3) is 0.692. The molecule has 0 radical (unpaired) electrons. The lowest BCUT2D eigenvalue weighted by Gasteiger charge is -2.26. The predicted octanol–water partition coefficient (Wildman–Crippen LogP) is 1.01. The van der Waals surface area contributed by atoms with Crippen molar-refractivity contribution in [1.82, 2.24) is 5.32 Å². The number of ether oxygens (including phenoxy) is 3. The second kappa shape index (κ2) is 4.85. The lowest BCUT2D eigenvalue weighted by Crippen LogP contribution is -2.49. The third-order valence-corrected chi connectivity index (χ3v) is 3.06. The van der Waals surface area contributed by atoms with Crippen LogP contribution in [0.4, 0.5) is 4.79 Å². The van der Waals surface area contributed by atoms with Gasteiger partial charge in [0.2, 0.25) is 0 Å². The average molecular weight is 269 g/mol. The van der Waals surface area contributed by atoms with Crippen LogP contribution >= 0.6 is 0 Å². The Kier molecular flexibility index (Phi) is 3.54. The van der Waals surface area contributed by atoms with Crippen molar-refractivity contribution in [3.05, 3.63) is 12.2 Å². The molecule has 6 nitrogen and oxygen atoms in total. The molecule has 0 aromatic rings. The summed E-state index contributed by atoms with van der Waals surface area (Å²) in [5, 5.41) is 2.69. The molecule has 0 aliphatic carbocycles. The molecule has 2 rings (SSSR count). The molecule has 6 heteroatoms. The number of alkyl carbamates (subject to hydrolysis) is 1. The van der Waals surface area contributed by atoms with Crippen molar-refractivity contribution < 1.29 is 23.8 Å². The molecule has 0 aromatic carbocycles. The van der Waals surface area contributed by atoms with Gasteiger partial charge < -0.3 is 19.5 Å². The van der Waals surface area contributed by atoms with Crippen LogP contribution in [0.25, 0.3) is 0 Å². The minimum absolute atomic E-state index is 0.304. The molecule has 2 bridgehead atoms. The van der Waals surface area contributed by atoms with E-state index in [1.165, 1.54) is 7.11 Å². The highest BCUT2D eigenvalue weighted by Crippen LogP contribution is 2.35. The maximum absolute atomic E-state index is 11.8. The molecule has 0 unspecified atom stereocenters. The number of nitrogens with one attached hydrogen (secondary N) is 1. The first kappa shape index (κ1) is 13.9. The van der Waals surface area contributed by atoms with Crippen molar-refractivity contribution in [1.29, 1.82) is 0 Å². The number of carbonyl (C=O) groups is 2. The normalized spacial score (nSPS) is 32.2. The van der Waals surface area contributed by atoms with Gasteiger partial charge in [0, 0.05) is 0 Å². The third-order valence-electron chi connectivity index (χ3n) is 3.06. The van der Waals surface area contributed by atoms with Crippen molar-refractivity contribution in [2.75, 3.05) is 7.11 Å². The number of hydrogen-bond acceptors (Lipinski definition) is 5. The molecule has 4 atom stereocenters. The van der Waals surface area contributed by atoms with Crippen molar-refractivity contribution in [3.8, 4) is 0 Å². The van der Waals surface area contributed by atoms with E-state index in [1.54, 1.807) is 20.8 Å². The van der Waals surface area contributed by atoms with Gasteiger partial charge in [-0.15, -0.1) is 0 Å². The molecule has 2 heterocycles. The zero-order valence-corrected chi connectivity index (χ0v) is 11.5. The first-order valence-electron chi connectivity index (χ1n) is 6.23. The van der Waals surface area contributed by atoms with Gasteiger partial charge in [0.25, 0.3) is 0 Å². The van der Waals surface area contributed by atoms with Crippen molar-refractivity contribution in [3.63, 3.8) is 0 Å². The minimum Gasteiger partial charge on any atom is -0.469 e. The average Bonchev–Trinajstić information content (AvgIpc) is 2.85. The second-order valence-corrected chi connectivity index (χ2v) is 5.67. The Morgan fingerprint density at radius 3 is 2.42 bits per heavy atom. The van der Waals surface area contributed by atoms with Crippen LogP contribution in [-0.2, 0) is 19.0 Å². The van der Waals surface area contributed by atoms with Crippen LogP contribution in [0.2, 0.25) is 0 Å². The third kappa shape index (κ3) is 2.89. The Morgan fingerprint density at radius 2 is 1.84 bits per heavy atom. The number of fused-ring (bicyclic) bond motifs is 2. The van der Waals surface area contributed by atoms with Crippen LogP contribution in [0.3, 0.4) is 0 Å². The summed E-state index contributed by atoms with van der Waals surface area (Å²) in [5.41, 5.74) is -0.584. The Morgan fingerprint density at radius 1 is 1.21 bits per heavy atom. The minimum atomic E-state index is -0.584. The van der Waals surface area contributed by atoms with Crippen molar-refractivity contribution >= 4 is 12.1 Å². The van der Waals surface area contributed by atoms with Crippen LogP contribution in [-0.4, -0.2) is 43.0 Å². The Bertz CT molecular complexity index is 412. The summed E-state index contributed by atoms with van der Waals surface area (Å²) in [7, 11) is 1.32. The molecule has 0 aromatic heterocycles. The first-order chi connectivity index (χ1) is 8.81. The highest BCUT2D eigenvalue weighted by molar-refractivity contribution is 5.77. The molecule has 0 spiro atoms. The van der Waals surface area contributed by atoms with Gasteiger partial charge >= 0.3 is 12.1 Å². The zero-order valence-electron chi connectivity index (χ0n) is 11.5. The Balaban J connectivity index is 2.04. The zero-order chi connectivity index (χ0) is 14.2. The topological polar surface area (TPSA) is 73.9 Å². The van der Waals surface area contributed by atoms with Gasteiger partial charge in [0.05, 0.1) is 25.4 Å². The fourth-order valence-electron chi connectivity index (χ4n) is 2.34. The van der Waals surface area contributed by atoms with E-state index in [2.05, 4.69) is 5.32 Å². The highest BCUT2D eigenvalue weighted by atomic mass is 16.6. The van der Waals surface area contributed by atoms with E-state index in [0.29, 0.717) is 0 Å². The van der Waals surface area contributed by atoms with E-state index < -0.39 is 29.6 Å². The van der Waals surface area contributed by atoms with E-state index >= 15 is 0 Å². The SMILES string of the molecule is COC(=O)[C@H]1[C@H](NC(=O)OC(C)(C)C)[C@H]2C=C[C@@H]1O2. The summed E-state index contributed by atoms with van der Waals surface area (Å²) in [6.45, 7) is 5.34. The van der Waals surface area contributed by atoms with E-state index in [1.807, 2.05) is 12.2 Å². The first-order valence-corrected chi connectivity index (χ1v) is 6.23. The summed E-state index contributed by atoms with van der Waals surface area (Å²) < 4.78 is 15.5. The van der Waals surface area contributed by atoms with Crippen LogP contribution < -0.4 is 5.32 Å². The van der Waals surface area contributed by atoms with Gasteiger partial charge in [0.1, 0.15) is 11.5 Å². The lowest BCUT2D eigenvalue weighted by molar-refractivity contribution is -0.146. The molecule has 2 aliphatic heterocycles. The molecular formula is C13H19NO5. The number of esters is 1. The van der Waals surface area contributed by atoms with E-state index in [0.717, 1.165) is 0 Å². The monoisotopic (exact) mass is 269 g/mol. The summed E-state index contributed by atoms with van der Waals surface area (Å²) in [6.07, 6.45) is 2.46. The Hall–Kier alpha value is -1.56. The Labute approximate surface area is 112 Å². The molecular weight excluding hydrogens is 250 g/mol. The second-order valence-electron chi connectivity index (χ2n) is 5.67. The van der Waals surface area contributed by atoms with Gasteiger partial charge in [0.15, 0.2) is 0 Å². The van der Waals surface area contributed by atoms with Crippen LogP contribution in [0, 0.1) is 5.92 Å². The summed E-state index contributed by atoms with van der Waals surface area (Å²) in [4.78, 5) is 23.5. The predicted molar refractivity (Wildman–Crippen MR) is 66.5 cm³/mol. The number of methoxy groups -OCH3 is 1. The highest BCUT2D eigenvalue weighted by Gasteiger charge is 2.51. The van der Waals surface area contributed by atoms with Crippen molar-refractivity contribution in [2.24, 2.45) is 5.92 Å². The molecule has 1 fully saturated rings. The maximum atomic E-state index is 11.8. The molecule has 1 saturated heterocycles. The molecule has 1 N–H and O–H groups in total. The summed E-state index contributed by atoms with van der Waals surface area (Å²) in [5.74, 6) is -0.912. The molecule has 1 amide bonds. The van der Waals surface area contributed by atoms with Crippen LogP contribution in [0.15, 0.2) is 12.2 Å². The number of rotatable bonds is 2. The van der Waals surface area contributed by atoms with Crippen molar-refractivity contribution in [2.45, 2.75) is 44.6 Å². The fourth-order valence-corrected chi connectivity index (χ4v) is 2.34. The van der Waals surface area contributed by atoms with Gasteiger partial charge in [-0.3, -0.25) is 4.79 Å². The van der Waals surface area contributed by atoms with Crippen LogP contribution in [0.5, 0.6) is 0 Å². The van der Waals surface area contributed by atoms with E-state index in [4.69, 9.17) is 14.2 Å². The van der Waals surface area contributed by atoms with Crippen LogP contribution in [0.1, 0.15) is 20.8 Å². The van der Waals surface area contributed by atoms with Gasteiger partial charge in [-0.1, -0.05) is 12.2 Å². The molecule has 106 valence electrons. The van der Waals surface area contributed by atoms with Gasteiger partial charge in [-0.2, -0.15) is 0 Å². The number of hydrogen-bond donors (Lipinski definition) is 1. The molecule has 19 heavy (non-hydrogen) atoms. The summed E-state index contributed by atoms with van der Waals surface area (Å²) >= 11 is 0. The smallest absolute Gasteiger partial charge is 0.407 e. The largest absolute Gasteiger partial charge is 0.469 e. The number of amides is 1. The van der Waals surface area contributed by atoms with Gasteiger partial charge in [-0.25, -0.2) is 4.79 Å². The number of carbonyl (C=O) groups excluding carboxylic acids is 2. The summed E-state index contributed by atoms with van der Waals surface area (Å²) in [6, 6.07) is -0.447. The van der Waals surface area contributed by atoms with Gasteiger partial charge in [-0.05, 0) is 20.8 Å². The van der Waals surface area contributed by atoms with E-state index in [-0.39, 0.29) is 12.2 Å².